The van der Waals surface area contributed by atoms with Crippen molar-refractivity contribution < 1.29 is 19.1 Å². The van der Waals surface area contributed by atoms with Gasteiger partial charge in [0, 0.05) is 32.5 Å². The molecule has 1 saturated carbocycles. The Bertz CT molecular complexity index is 570. The van der Waals surface area contributed by atoms with E-state index in [9.17, 15) is 9.59 Å². The summed E-state index contributed by atoms with van der Waals surface area (Å²) in [7, 11) is 3.16. The lowest BCUT2D eigenvalue weighted by molar-refractivity contribution is -0.130. The van der Waals surface area contributed by atoms with Crippen LogP contribution in [0.15, 0.2) is 18.2 Å². The Labute approximate surface area is 136 Å². The lowest BCUT2D eigenvalue weighted by atomic mass is 10.1. The summed E-state index contributed by atoms with van der Waals surface area (Å²) < 4.78 is 10.5. The number of rotatable bonds is 8. The van der Waals surface area contributed by atoms with Gasteiger partial charge in [0.15, 0.2) is 11.5 Å². The van der Waals surface area contributed by atoms with Crippen LogP contribution in [0.1, 0.15) is 31.7 Å². The van der Waals surface area contributed by atoms with Gasteiger partial charge in [0.25, 0.3) is 0 Å². The first-order valence-corrected chi connectivity index (χ1v) is 7.79. The molecule has 2 rings (SSSR count). The lowest BCUT2D eigenvalue weighted by Crippen LogP contribution is -2.34. The van der Waals surface area contributed by atoms with Crippen molar-refractivity contribution in [3.63, 3.8) is 0 Å². The lowest BCUT2D eigenvalue weighted by Gasteiger charge is -2.21. The molecule has 0 unspecified atom stereocenters. The maximum atomic E-state index is 11.8. The molecule has 1 aliphatic rings. The van der Waals surface area contributed by atoms with Crippen molar-refractivity contribution in [2.75, 3.05) is 20.8 Å². The number of nitrogens with one attached hydrogen (secondary N) is 1. The Balaban J connectivity index is 1.95. The van der Waals surface area contributed by atoms with Crippen LogP contribution in [0.2, 0.25) is 0 Å². The van der Waals surface area contributed by atoms with Crippen LogP contribution in [0, 0.1) is 0 Å². The normalized spacial score (nSPS) is 13.3. The Morgan fingerprint density at radius 2 is 1.91 bits per heavy atom. The number of methoxy groups -OCH3 is 2. The molecule has 1 N–H and O–H groups in total. The van der Waals surface area contributed by atoms with Crippen molar-refractivity contribution in [1.82, 2.24) is 10.2 Å². The molecule has 0 heterocycles. The second-order valence-corrected chi connectivity index (χ2v) is 5.72. The Kier molecular flexibility index (Phi) is 5.84. The first-order chi connectivity index (χ1) is 11.0. The zero-order chi connectivity index (χ0) is 16.8. The smallest absolute Gasteiger partial charge is 0.221 e. The van der Waals surface area contributed by atoms with Gasteiger partial charge in [0.1, 0.15) is 0 Å². The van der Waals surface area contributed by atoms with Gasteiger partial charge >= 0.3 is 0 Å². The summed E-state index contributed by atoms with van der Waals surface area (Å²) >= 11 is 0. The summed E-state index contributed by atoms with van der Waals surface area (Å²) in [5.74, 6) is 1.22. The van der Waals surface area contributed by atoms with Crippen LogP contribution in [0.5, 0.6) is 11.5 Å². The van der Waals surface area contributed by atoms with Gasteiger partial charge in [-0.05, 0) is 30.5 Å². The minimum Gasteiger partial charge on any atom is -0.493 e. The highest BCUT2D eigenvalue weighted by molar-refractivity contribution is 5.78. The molecule has 0 bridgehead atoms. The molecule has 1 aliphatic carbocycles. The molecule has 1 aromatic rings. The van der Waals surface area contributed by atoms with Crippen LogP contribution in [-0.4, -0.2) is 43.5 Å². The van der Waals surface area contributed by atoms with Gasteiger partial charge in [-0.2, -0.15) is 0 Å². The Morgan fingerprint density at radius 1 is 1.22 bits per heavy atom. The van der Waals surface area contributed by atoms with E-state index in [1.807, 2.05) is 18.2 Å². The topological polar surface area (TPSA) is 67.9 Å². The highest BCUT2D eigenvalue weighted by atomic mass is 16.5. The molecule has 126 valence electrons. The van der Waals surface area contributed by atoms with Crippen LogP contribution >= 0.6 is 0 Å². The maximum absolute atomic E-state index is 11.8. The van der Waals surface area contributed by atoms with Gasteiger partial charge in [-0.3, -0.25) is 9.59 Å². The highest BCUT2D eigenvalue weighted by Gasteiger charge is 2.23. The average Bonchev–Trinajstić information content (AvgIpc) is 3.34. The largest absolute Gasteiger partial charge is 0.493 e. The van der Waals surface area contributed by atoms with Crippen LogP contribution in [0.25, 0.3) is 0 Å². The number of carbonyl (C=O) groups is 2. The third kappa shape index (κ3) is 5.16. The molecule has 23 heavy (non-hydrogen) atoms. The van der Waals surface area contributed by atoms with Gasteiger partial charge < -0.3 is 19.7 Å². The fraction of sp³-hybridized carbons (Fsp3) is 0.529. The van der Waals surface area contributed by atoms with E-state index in [2.05, 4.69) is 5.32 Å². The zero-order valence-electron chi connectivity index (χ0n) is 13.9. The molecule has 0 spiro atoms. The molecule has 6 nitrogen and oxygen atoms in total. The third-order valence-corrected chi connectivity index (χ3v) is 3.82. The zero-order valence-corrected chi connectivity index (χ0v) is 13.9. The summed E-state index contributed by atoms with van der Waals surface area (Å²) in [6, 6.07) is 5.89. The number of benzene rings is 1. The van der Waals surface area contributed by atoms with Crippen molar-refractivity contribution in [1.29, 1.82) is 0 Å². The van der Waals surface area contributed by atoms with Crippen LogP contribution in [-0.2, 0) is 16.1 Å². The van der Waals surface area contributed by atoms with E-state index in [1.165, 1.54) is 6.92 Å². The van der Waals surface area contributed by atoms with E-state index in [0.29, 0.717) is 37.1 Å². The van der Waals surface area contributed by atoms with E-state index in [-0.39, 0.29) is 11.8 Å². The minimum absolute atomic E-state index is 0.00561. The van der Waals surface area contributed by atoms with Crippen molar-refractivity contribution in [2.24, 2.45) is 0 Å². The van der Waals surface area contributed by atoms with Crippen molar-refractivity contribution in [2.45, 2.75) is 38.8 Å². The first kappa shape index (κ1) is 17.1. The quantitative estimate of drug-likeness (QED) is 0.792. The molecular weight excluding hydrogens is 296 g/mol. The standard InChI is InChI=1S/C17H24N2O4/c1-12(20)19(9-8-17(21)18-14-5-6-14)11-13-4-7-15(22-2)16(10-13)23-3/h4,7,10,14H,5-6,8-9,11H2,1-3H3,(H,18,21). The molecule has 0 aliphatic heterocycles. The molecule has 6 heteroatoms. The summed E-state index contributed by atoms with van der Waals surface area (Å²) in [6.45, 7) is 2.36. The first-order valence-electron chi connectivity index (χ1n) is 7.79. The SMILES string of the molecule is COc1ccc(CN(CCC(=O)NC2CC2)C(C)=O)cc1OC. The Hall–Kier alpha value is -2.24. The summed E-state index contributed by atoms with van der Waals surface area (Å²) in [4.78, 5) is 25.2. The number of nitrogens with zero attached hydrogens (tertiary/aromatic N) is 1. The van der Waals surface area contributed by atoms with E-state index in [1.54, 1.807) is 19.1 Å². The predicted octanol–water partition coefficient (Wildman–Crippen LogP) is 1.72. The van der Waals surface area contributed by atoms with Gasteiger partial charge in [0.05, 0.1) is 14.2 Å². The van der Waals surface area contributed by atoms with Crippen LogP contribution in [0.4, 0.5) is 0 Å². The molecular formula is C17H24N2O4. The van der Waals surface area contributed by atoms with E-state index in [0.717, 1.165) is 18.4 Å². The molecule has 0 aromatic heterocycles. The molecule has 0 atom stereocenters. The predicted molar refractivity (Wildman–Crippen MR) is 86.4 cm³/mol. The van der Waals surface area contributed by atoms with Gasteiger partial charge in [0.2, 0.25) is 11.8 Å². The van der Waals surface area contributed by atoms with E-state index >= 15 is 0 Å². The molecule has 1 aromatic carbocycles. The van der Waals surface area contributed by atoms with E-state index < -0.39 is 0 Å². The minimum atomic E-state index is -0.0565. The van der Waals surface area contributed by atoms with Crippen LogP contribution in [0.3, 0.4) is 0 Å². The molecule has 1 fully saturated rings. The molecule has 0 saturated heterocycles. The second-order valence-electron chi connectivity index (χ2n) is 5.72. The van der Waals surface area contributed by atoms with Crippen LogP contribution < -0.4 is 14.8 Å². The number of hydrogen-bond acceptors (Lipinski definition) is 4. The van der Waals surface area contributed by atoms with E-state index in [4.69, 9.17) is 9.47 Å². The van der Waals surface area contributed by atoms with Crippen molar-refractivity contribution in [3.05, 3.63) is 23.8 Å². The molecule has 0 radical (unpaired) electrons. The monoisotopic (exact) mass is 320 g/mol. The molecule has 2 amide bonds. The number of carbonyl (C=O) groups excluding carboxylic acids is 2. The number of ether oxygens (including phenoxy) is 2. The maximum Gasteiger partial charge on any atom is 0.221 e. The Morgan fingerprint density at radius 3 is 2.48 bits per heavy atom. The fourth-order valence-corrected chi connectivity index (χ4v) is 2.31. The summed E-state index contributed by atoms with van der Waals surface area (Å²) in [5.41, 5.74) is 0.931. The average molecular weight is 320 g/mol. The van der Waals surface area contributed by atoms with Gasteiger partial charge in [-0.25, -0.2) is 0 Å². The van der Waals surface area contributed by atoms with Crippen molar-refractivity contribution >= 4 is 11.8 Å². The van der Waals surface area contributed by atoms with Gasteiger partial charge in [-0.1, -0.05) is 6.07 Å². The second kappa shape index (κ2) is 7.85. The summed E-state index contributed by atoms with van der Waals surface area (Å²) in [5, 5.41) is 2.93. The van der Waals surface area contributed by atoms with Gasteiger partial charge in [-0.15, -0.1) is 0 Å². The fourth-order valence-electron chi connectivity index (χ4n) is 2.31. The van der Waals surface area contributed by atoms with Crippen molar-refractivity contribution in [3.8, 4) is 11.5 Å². The number of amides is 2. The third-order valence-electron chi connectivity index (χ3n) is 3.82. The highest BCUT2D eigenvalue weighted by Crippen LogP contribution is 2.28. The summed E-state index contributed by atoms with van der Waals surface area (Å²) in [6.07, 6.45) is 2.45. The number of hydrogen-bond donors (Lipinski definition) is 1.